The number of rotatable bonds is 0. The molecule has 3 aliphatic rings. The molecule has 31 heavy (non-hydrogen) atoms. The average molecular weight is 426 g/mol. The van der Waals surface area contributed by atoms with Crippen molar-refractivity contribution < 1.29 is 23.4 Å². The zero-order chi connectivity index (χ0) is 20.9. The van der Waals surface area contributed by atoms with Crippen LogP contribution in [-0.4, -0.2) is 70.6 Å². The molecule has 0 radical (unpaired) electrons. The van der Waals surface area contributed by atoms with Crippen molar-refractivity contribution in [1.82, 2.24) is 24.9 Å². The molecule has 3 aromatic heterocycles. The number of carbonyl (C=O) groups is 1. The zero-order valence-electron chi connectivity index (χ0n) is 16.4. The van der Waals surface area contributed by atoms with Gasteiger partial charge in [-0.05, 0) is 12.1 Å². The summed E-state index contributed by atoms with van der Waals surface area (Å²) in [5.74, 6) is 0.147. The van der Waals surface area contributed by atoms with Crippen molar-refractivity contribution in [2.24, 2.45) is 0 Å². The number of halogens is 1. The second-order valence-electron chi connectivity index (χ2n) is 7.72. The fourth-order valence-electron chi connectivity index (χ4n) is 4.27. The van der Waals surface area contributed by atoms with Gasteiger partial charge in [0.2, 0.25) is 5.88 Å². The number of anilines is 1. The molecule has 6 rings (SSSR count). The molecule has 2 fully saturated rings. The van der Waals surface area contributed by atoms with Crippen molar-refractivity contribution in [2.45, 2.75) is 18.2 Å². The molecule has 0 saturated carbocycles. The van der Waals surface area contributed by atoms with Crippen LogP contribution >= 0.6 is 0 Å². The van der Waals surface area contributed by atoms with Crippen LogP contribution in [0.3, 0.4) is 0 Å². The number of aromatic nitrogens is 4. The molecule has 2 bridgehead atoms. The van der Waals surface area contributed by atoms with Crippen LogP contribution in [0.5, 0.6) is 5.88 Å². The Morgan fingerprint density at radius 2 is 2.13 bits per heavy atom. The number of fused-ring (bicyclic) bond motifs is 6. The summed E-state index contributed by atoms with van der Waals surface area (Å²) < 4.78 is 33.2. The molecule has 0 spiro atoms. The van der Waals surface area contributed by atoms with Gasteiger partial charge in [0.25, 0.3) is 5.91 Å². The van der Waals surface area contributed by atoms with Gasteiger partial charge < -0.3 is 24.4 Å². The van der Waals surface area contributed by atoms with E-state index in [-0.39, 0.29) is 18.6 Å². The molecule has 2 saturated heterocycles. The van der Waals surface area contributed by atoms with Crippen LogP contribution in [0.15, 0.2) is 30.7 Å². The molecule has 10 nitrogen and oxygen atoms in total. The van der Waals surface area contributed by atoms with Crippen LogP contribution < -0.4 is 15.0 Å². The summed E-state index contributed by atoms with van der Waals surface area (Å²) in [6.45, 7) is 1.93. The Labute approximate surface area is 175 Å². The molecule has 0 aliphatic carbocycles. The summed E-state index contributed by atoms with van der Waals surface area (Å²) in [5, 5.41) is 7.20. The molecule has 11 heteroatoms. The van der Waals surface area contributed by atoms with Gasteiger partial charge in [0.05, 0.1) is 50.9 Å². The first-order chi connectivity index (χ1) is 15.2. The van der Waals surface area contributed by atoms with E-state index in [9.17, 15) is 9.18 Å². The van der Waals surface area contributed by atoms with E-state index in [1.54, 1.807) is 10.7 Å². The Kier molecular flexibility index (Phi) is 4.25. The number of hydrogen-bond donors (Lipinski definition) is 1. The molecule has 6 heterocycles. The Morgan fingerprint density at radius 1 is 1.19 bits per heavy atom. The first-order valence-electron chi connectivity index (χ1n) is 10.1. The summed E-state index contributed by atoms with van der Waals surface area (Å²) >= 11 is 0. The number of nitrogens with one attached hydrogen (secondary N) is 1. The number of nitrogens with zero attached hydrogens (tertiary/aromatic N) is 5. The Bertz CT molecular complexity index is 1170. The molecule has 3 aromatic rings. The van der Waals surface area contributed by atoms with Gasteiger partial charge in [-0.15, -0.1) is 0 Å². The highest BCUT2D eigenvalue weighted by atomic mass is 19.1. The Morgan fingerprint density at radius 3 is 3.06 bits per heavy atom. The van der Waals surface area contributed by atoms with Crippen molar-refractivity contribution in [3.8, 4) is 5.88 Å². The van der Waals surface area contributed by atoms with Gasteiger partial charge in [-0.3, -0.25) is 4.79 Å². The maximum atomic E-state index is 14.2. The van der Waals surface area contributed by atoms with Crippen molar-refractivity contribution in [2.75, 3.05) is 37.9 Å². The monoisotopic (exact) mass is 426 g/mol. The van der Waals surface area contributed by atoms with Crippen molar-refractivity contribution in [3.05, 3.63) is 47.7 Å². The predicted octanol–water partition coefficient (Wildman–Crippen LogP) is 0.731. The molecule has 0 aromatic carbocycles. The highest BCUT2D eigenvalue weighted by Gasteiger charge is 2.36. The van der Waals surface area contributed by atoms with E-state index in [1.165, 1.54) is 12.3 Å². The zero-order valence-corrected chi connectivity index (χ0v) is 16.4. The molecule has 160 valence electrons. The first kappa shape index (κ1) is 18.5. The third-order valence-corrected chi connectivity index (χ3v) is 5.83. The summed E-state index contributed by atoms with van der Waals surface area (Å²) in [4.78, 5) is 23.9. The van der Waals surface area contributed by atoms with Gasteiger partial charge in [0, 0.05) is 18.3 Å². The van der Waals surface area contributed by atoms with Crippen LogP contribution in [0.25, 0.3) is 5.65 Å². The highest BCUT2D eigenvalue weighted by molar-refractivity contribution is 6.00. The fraction of sp³-hybridized carbons (Fsp3) is 0.400. The number of ether oxygens (including phenoxy) is 3. The van der Waals surface area contributed by atoms with Crippen LogP contribution in [0.1, 0.15) is 22.0 Å². The molecule has 3 atom stereocenters. The van der Waals surface area contributed by atoms with Gasteiger partial charge in [-0.2, -0.15) is 5.10 Å². The molecule has 3 aliphatic heterocycles. The Balaban J connectivity index is 1.55. The number of pyridine rings is 1. The van der Waals surface area contributed by atoms with E-state index in [0.29, 0.717) is 54.8 Å². The van der Waals surface area contributed by atoms with E-state index < -0.39 is 18.0 Å². The van der Waals surface area contributed by atoms with Crippen LogP contribution in [-0.2, 0) is 9.47 Å². The molecule has 1 N–H and O–H groups in total. The second-order valence-corrected chi connectivity index (χ2v) is 7.72. The third kappa shape index (κ3) is 3.08. The fourth-order valence-corrected chi connectivity index (χ4v) is 4.27. The lowest BCUT2D eigenvalue weighted by Gasteiger charge is -2.37. The van der Waals surface area contributed by atoms with Crippen molar-refractivity contribution >= 4 is 17.4 Å². The highest BCUT2D eigenvalue weighted by Crippen LogP contribution is 2.35. The van der Waals surface area contributed by atoms with Gasteiger partial charge >= 0.3 is 0 Å². The second kappa shape index (κ2) is 7.13. The summed E-state index contributed by atoms with van der Waals surface area (Å²) in [7, 11) is 0. The summed E-state index contributed by atoms with van der Waals surface area (Å²) in [5.41, 5.74) is 1.36. The van der Waals surface area contributed by atoms with E-state index in [4.69, 9.17) is 19.2 Å². The number of carbonyl (C=O) groups excluding carboxylic acids is 1. The van der Waals surface area contributed by atoms with E-state index >= 15 is 0 Å². The number of hydrogen-bond acceptors (Lipinski definition) is 8. The minimum atomic E-state index is -0.471. The van der Waals surface area contributed by atoms with Crippen LogP contribution in [0.4, 0.5) is 10.2 Å². The van der Waals surface area contributed by atoms with Gasteiger partial charge in [0.15, 0.2) is 5.65 Å². The molecular weight excluding hydrogens is 407 g/mol. The first-order valence-corrected chi connectivity index (χ1v) is 10.1. The smallest absolute Gasteiger partial charge is 0.257 e. The van der Waals surface area contributed by atoms with E-state index in [0.717, 1.165) is 6.20 Å². The van der Waals surface area contributed by atoms with Crippen molar-refractivity contribution in [1.29, 1.82) is 0 Å². The normalized spacial score (nSPS) is 25.5. The third-order valence-electron chi connectivity index (χ3n) is 5.83. The summed E-state index contributed by atoms with van der Waals surface area (Å²) in [6.07, 6.45) is 3.90. The van der Waals surface area contributed by atoms with Crippen LogP contribution in [0.2, 0.25) is 0 Å². The SMILES string of the molecule is O=C1NC2COCC2Oc2ncc(F)cc2C2COCCN2c2ccn3ncc1c3n2. The van der Waals surface area contributed by atoms with Crippen molar-refractivity contribution in [3.63, 3.8) is 0 Å². The minimum absolute atomic E-state index is 0.281. The summed E-state index contributed by atoms with van der Waals surface area (Å²) in [6, 6.07) is 2.47. The largest absolute Gasteiger partial charge is 0.469 e. The molecule has 1 amide bonds. The Hall–Kier alpha value is -3.31. The quantitative estimate of drug-likeness (QED) is 0.561. The number of morpholine rings is 1. The lowest BCUT2D eigenvalue weighted by atomic mass is 10.1. The van der Waals surface area contributed by atoms with E-state index in [2.05, 4.69) is 15.4 Å². The van der Waals surface area contributed by atoms with Gasteiger partial charge in [-0.1, -0.05) is 0 Å². The van der Waals surface area contributed by atoms with Gasteiger partial charge in [-0.25, -0.2) is 18.9 Å². The lowest BCUT2D eigenvalue weighted by Crippen LogP contribution is -2.45. The number of amides is 1. The standard InChI is InChI=1S/C20H19FN6O4/c21-11-5-12-15-9-29-4-3-26(15)17-1-2-27-18(25-17)13(7-23-27)19(28)24-14-8-30-10-16(14)31-20(12)22-6-11/h1-2,5-7,14-16H,3-4,8-10H2,(H,24,28). The maximum Gasteiger partial charge on any atom is 0.257 e. The minimum Gasteiger partial charge on any atom is -0.469 e. The van der Waals surface area contributed by atoms with E-state index in [1.807, 2.05) is 11.0 Å². The average Bonchev–Trinajstić information content (AvgIpc) is 3.40. The molecular formula is C20H19FN6O4. The maximum absolute atomic E-state index is 14.2. The lowest BCUT2D eigenvalue weighted by molar-refractivity contribution is 0.0875. The predicted molar refractivity (Wildman–Crippen MR) is 105 cm³/mol. The topological polar surface area (TPSA) is 103 Å². The van der Waals surface area contributed by atoms with Gasteiger partial charge in [0.1, 0.15) is 23.3 Å². The van der Waals surface area contributed by atoms with Crippen LogP contribution in [0, 0.1) is 5.82 Å². The molecule has 3 unspecified atom stereocenters.